The highest BCUT2D eigenvalue weighted by Crippen LogP contribution is 2.14. The maximum Gasteiger partial charge on any atom is 0.355 e. The molecule has 0 aromatic carbocycles. The molecule has 19 heavy (non-hydrogen) atoms. The van der Waals surface area contributed by atoms with Crippen LogP contribution in [0.4, 0.5) is 0 Å². The number of hydrogen-bond acceptors (Lipinski definition) is 5. The smallest absolute Gasteiger partial charge is 0.355 e. The summed E-state index contributed by atoms with van der Waals surface area (Å²) in [6, 6.07) is 0.482. The highest BCUT2D eigenvalue weighted by atomic mass is 32.1. The first-order valence-corrected chi connectivity index (χ1v) is 7.09. The predicted molar refractivity (Wildman–Crippen MR) is 71.7 cm³/mol. The van der Waals surface area contributed by atoms with E-state index in [1.807, 2.05) is 0 Å². The molecule has 0 spiro atoms. The molecule has 7 heteroatoms. The maximum absolute atomic E-state index is 12.2. The minimum absolute atomic E-state index is 0.0610. The van der Waals surface area contributed by atoms with Crippen LogP contribution >= 0.6 is 11.3 Å². The average molecular weight is 283 g/mol. The summed E-state index contributed by atoms with van der Waals surface area (Å²) in [6.45, 7) is 7.30. The lowest BCUT2D eigenvalue weighted by molar-refractivity contribution is 0.0595. The molecule has 1 fully saturated rings. The van der Waals surface area contributed by atoms with Crippen molar-refractivity contribution in [3.8, 4) is 0 Å². The molecule has 0 radical (unpaired) electrons. The van der Waals surface area contributed by atoms with E-state index >= 15 is 0 Å². The second-order valence-electron chi connectivity index (χ2n) is 4.76. The first-order chi connectivity index (χ1) is 8.99. The second-order valence-corrected chi connectivity index (χ2v) is 5.62. The number of rotatable bonds is 3. The van der Waals surface area contributed by atoms with E-state index in [2.05, 4.69) is 23.7 Å². The number of carbonyl (C=O) groups is 2. The van der Waals surface area contributed by atoms with Crippen LogP contribution in [0.25, 0.3) is 0 Å². The van der Waals surface area contributed by atoms with Gasteiger partial charge in [0.25, 0.3) is 5.91 Å². The molecule has 0 aliphatic carbocycles. The summed E-state index contributed by atoms with van der Waals surface area (Å²) < 4.78 is 0. The third kappa shape index (κ3) is 3.10. The van der Waals surface area contributed by atoms with Gasteiger partial charge in [-0.1, -0.05) is 0 Å². The lowest BCUT2D eigenvalue weighted by Crippen LogP contribution is -2.50. The standard InChI is InChI=1S/C12H17N3O3S/c1-8(2)14-3-5-15(6-4-14)11(16)10-13-9(7-19-10)12(17)18/h7-8H,3-6H2,1-2H3,(H,17,18). The van der Waals surface area contributed by atoms with E-state index in [4.69, 9.17) is 5.11 Å². The Kier molecular flexibility index (Phi) is 4.16. The number of carboxylic acids is 1. The summed E-state index contributed by atoms with van der Waals surface area (Å²) in [5.41, 5.74) is -0.0610. The zero-order valence-electron chi connectivity index (χ0n) is 11.0. The molecular formula is C12H17N3O3S. The maximum atomic E-state index is 12.2. The molecule has 1 aliphatic rings. The molecule has 1 aromatic rings. The summed E-state index contributed by atoms with van der Waals surface area (Å²) >= 11 is 1.09. The van der Waals surface area contributed by atoms with Crippen LogP contribution in [0, 0.1) is 0 Å². The van der Waals surface area contributed by atoms with Gasteiger partial charge in [-0.15, -0.1) is 11.3 Å². The third-order valence-electron chi connectivity index (χ3n) is 3.24. The molecule has 2 rings (SSSR count). The van der Waals surface area contributed by atoms with Gasteiger partial charge in [0.2, 0.25) is 0 Å². The molecule has 1 aromatic heterocycles. The van der Waals surface area contributed by atoms with Crippen LogP contribution in [0.1, 0.15) is 34.1 Å². The fourth-order valence-corrected chi connectivity index (χ4v) is 2.80. The second kappa shape index (κ2) is 5.66. The number of aromatic carboxylic acids is 1. The van der Waals surface area contributed by atoms with Crippen molar-refractivity contribution in [3.63, 3.8) is 0 Å². The van der Waals surface area contributed by atoms with Gasteiger partial charge in [0.15, 0.2) is 10.7 Å². The number of nitrogens with zero attached hydrogens (tertiary/aromatic N) is 3. The topological polar surface area (TPSA) is 73.7 Å². The average Bonchev–Trinajstić information content (AvgIpc) is 2.87. The first kappa shape index (κ1) is 14.0. The minimum atomic E-state index is -1.10. The fraction of sp³-hybridized carbons (Fsp3) is 0.583. The molecule has 0 atom stereocenters. The highest BCUT2D eigenvalue weighted by Gasteiger charge is 2.25. The van der Waals surface area contributed by atoms with Crippen LogP contribution in [0.2, 0.25) is 0 Å². The molecule has 0 saturated carbocycles. The Balaban J connectivity index is 1.99. The molecule has 1 N–H and O–H groups in total. The van der Waals surface area contributed by atoms with Crippen molar-refractivity contribution in [1.82, 2.24) is 14.8 Å². The lowest BCUT2D eigenvalue weighted by atomic mass is 10.2. The Morgan fingerprint density at radius 1 is 1.32 bits per heavy atom. The van der Waals surface area contributed by atoms with Gasteiger partial charge in [0.05, 0.1) is 0 Å². The fourth-order valence-electron chi connectivity index (χ4n) is 2.05. The molecule has 2 heterocycles. The van der Waals surface area contributed by atoms with E-state index in [1.165, 1.54) is 5.38 Å². The number of carboxylic acid groups (broad SMARTS) is 1. The van der Waals surface area contributed by atoms with Crippen molar-refractivity contribution < 1.29 is 14.7 Å². The van der Waals surface area contributed by atoms with E-state index in [0.717, 1.165) is 24.4 Å². The summed E-state index contributed by atoms with van der Waals surface area (Å²) in [7, 11) is 0. The SMILES string of the molecule is CC(C)N1CCN(C(=O)c2nc(C(=O)O)cs2)CC1. The van der Waals surface area contributed by atoms with Gasteiger partial charge in [-0.2, -0.15) is 0 Å². The summed E-state index contributed by atoms with van der Waals surface area (Å²) in [5, 5.41) is 10.5. The van der Waals surface area contributed by atoms with Crippen molar-refractivity contribution in [1.29, 1.82) is 0 Å². The molecule has 1 saturated heterocycles. The number of hydrogen-bond donors (Lipinski definition) is 1. The van der Waals surface area contributed by atoms with Crippen LogP contribution in [0.5, 0.6) is 0 Å². The molecule has 6 nitrogen and oxygen atoms in total. The number of thiazole rings is 1. The zero-order valence-corrected chi connectivity index (χ0v) is 11.8. The van der Waals surface area contributed by atoms with Gasteiger partial charge in [0, 0.05) is 37.6 Å². The van der Waals surface area contributed by atoms with Crippen LogP contribution < -0.4 is 0 Å². The molecule has 0 unspecified atom stereocenters. The molecule has 1 amide bonds. The van der Waals surface area contributed by atoms with E-state index in [-0.39, 0.29) is 16.6 Å². The van der Waals surface area contributed by atoms with Crippen molar-refractivity contribution in [2.24, 2.45) is 0 Å². The normalized spacial score (nSPS) is 16.9. The summed E-state index contributed by atoms with van der Waals surface area (Å²) in [4.78, 5) is 30.8. The number of aromatic nitrogens is 1. The van der Waals surface area contributed by atoms with E-state index in [1.54, 1.807) is 4.90 Å². The molecular weight excluding hydrogens is 266 g/mol. The number of carbonyl (C=O) groups excluding carboxylic acids is 1. The van der Waals surface area contributed by atoms with Crippen LogP contribution in [0.15, 0.2) is 5.38 Å². The van der Waals surface area contributed by atoms with Crippen LogP contribution in [-0.4, -0.2) is 64.0 Å². The summed E-state index contributed by atoms with van der Waals surface area (Å²) in [5.74, 6) is -1.26. The molecule has 104 valence electrons. The zero-order chi connectivity index (χ0) is 14.0. The summed E-state index contributed by atoms with van der Waals surface area (Å²) in [6.07, 6.45) is 0. The van der Waals surface area contributed by atoms with Crippen LogP contribution in [0.3, 0.4) is 0 Å². The van der Waals surface area contributed by atoms with Gasteiger partial charge in [-0.25, -0.2) is 9.78 Å². The Hall–Kier alpha value is -1.47. The third-order valence-corrected chi connectivity index (χ3v) is 4.07. The largest absolute Gasteiger partial charge is 0.476 e. The van der Waals surface area contributed by atoms with E-state index < -0.39 is 5.97 Å². The van der Waals surface area contributed by atoms with Crippen LogP contribution in [-0.2, 0) is 0 Å². The molecule has 0 bridgehead atoms. The van der Waals surface area contributed by atoms with Gasteiger partial charge < -0.3 is 10.0 Å². The van der Waals surface area contributed by atoms with E-state index in [9.17, 15) is 9.59 Å². The number of amides is 1. The lowest BCUT2D eigenvalue weighted by Gasteiger charge is -2.36. The Bertz CT molecular complexity index is 478. The van der Waals surface area contributed by atoms with Gasteiger partial charge in [-0.05, 0) is 13.8 Å². The van der Waals surface area contributed by atoms with Gasteiger partial charge >= 0.3 is 5.97 Å². The predicted octanol–water partition coefficient (Wildman–Crippen LogP) is 1.01. The first-order valence-electron chi connectivity index (χ1n) is 6.21. The quantitative estimate of drug-likeness (QED) is 0.896. The highest BCUT2D eigenvalue weighted by molar-refractivity contribution is 7.11. The van der Waals surface area contributed by atoms with Crippen molar-refractivity contribution in [3.05, 3.63) is 16.1 Å². The Labute approximate surface area is 115 Å². The Morgan fingerprint density at radius 3 is 2.42 bits per heavy atom. The minimum Gasteiger partial charge on any atom is -0.476 e. The Morgan fingerprint density at radius 2 is 1.95 bits per heavy atom. The monoisotopic (exact) mass is 283 g/mol. The van der Waals surface area contributed by atoms with E-state index in [0.29, 0.717) is 19.1 Å². The van der Waals surface area contributed by atoms with Crippen molar-refractivity contribution in [2.45, 2.75) is 19.9 Å². The van der Waals surface area contributed by atoms with Gasteiger partial charge in [-0.3, -0.25) is 9.69 Å². The van der Waals surface area contributed by atoms with Crippen molar-refractivity contribution >= 4 is 23.2 Å². The van der Waals surface area contributed by atoms with Crippen molar-refractivity contribution in [2.75, 3.05) is 26.2 Å². The van der Waals surface area contributed by atoms with Gasteiger partial charge in [0.1, 0.15) is 0 Å². The number of piperazine rings is 1. The molecule has 1 aliphatic heterocycles.